The molecule has 1 atom stereocenters. The van der Waals surface area contributed by atoms with Crippen molar-refractivity contribution < 1.29 is 4.21 Å². The monoisotopic (exact) mass is 229 g/mol. The van der Waals surface area contributed by atoms with Crippen molar-refractivity contribution in [3.8, 4) is 0 Å². The van der Waals surface area contributed by atoms with Crippen LogP contribution in [0.15, 0.2) is 29.2 Å². The maximum atomic E-state index is 11.7. The molecule has 0 radical (unpaired) electrons. The molecule has 0 aliphatic rings. The van der Waals surface area contributed by atoms with Crippen LogP contribution in [0.25, 0.3) is 0 Å². The predicted octanol–water partition coefficient (Wildman–Crippen LogP) is 2.98. The van der Waals surface area contributed by atoms with Crippen LogP contribution < -0.4 is 0 Å². The maximum absolute atomic E-state index is 11.7. The molecule has 0 spiro atoms. The Morgan fingerprint density at radius 2 is 1.93 bits per heavy atom. The summed E-state index contributed by atoms with van der Waals surface area (Å²) in [4.78, 5) is 0.643. The molecule has 14 heavy (non-hydrogen) atoms. The lowest BCUT2D eigenvalue weighted by Gasteiger charge is -2.05. The van der Waals surface area contributed by atoms with Crippen LogP contribution >= 0.6 is 11.8 Å². The molecule has 1 rings (SSSR count). The highest BCUT2D eigenvalue weighted by molar-refractivity contribution is 7.97. The van der Waals surface area contributed by atoms with E-state index in [4.69, 9.17) is 4.78 Å². The van der Waals surface area contributed by atoms with Crippen molar-refractivity contribution in [3.63, 3.8) is 0 Å². The fraction of sp³-hybridized carbons (Fsp3) is 0.400. The topological polar surface area (TPSA) is 40.9 Å². The van der Waals surface area contributed by atoms with Crippen molar-refractivity contribution in [3.05, 3.63) is 29.8 Å². The summed E-state index contributed by atoms with van der Waals surface area (Å²) < 4.78 is 19.3. The molecular weight excluding hydrogens is 214 g/mol. The van der Waals surface area contributed by atoms with E-state index < -0.39 is 9.73 Å². The molecule has 0 heterocycles. The van der Waals surface area contributed by atoms with Crippen LogP contribution in [0.1, 0.15) is 12.5 Å². The summed E-state index contributed by atoms with van der Waals surface area (Å²) in [7, 11) is -2.54. The lowest BCUT2D eigenvalue weighted by atomic mass is 10.2. The first kappa shape index (κ1) is 11.6. The van der Waals surface area contributed by atoms with Gasteiger partial charge in [0.1, 0.15) is 0 Å². The molecule has 1 aromatic rings. The van der Waals surface area contributed by atoms with E-state index in [2.05, 4.69) is 0 Å². The van der Waals surface area contributed by atoms with Crippen LogP contribution in [0.4, 0.5) is 0 Å². The number of hydrogen-bond donors (Lipinski definition) is 1. The highest BCUT2D eigenvalue weighted by Gasteiger charge is 2.06. The summed E-state index contributed by atoms with van der Waals surface area (Å²) in [5.41, 5.74) is 1.22. The van der Waals surface area contributed by atoms with Crippen LogP contribution in [0.5, 0.6) is 0 Å². The molecule has 2 nitrogen and oxygen atoms in total. The molecule has 1 N–H and O–H groups in total. The lowest BCUT2D eigenvalue weighted by molar-refractivity contribution is 0.675. The standard InChI is InChI=1S/C10H15NOS2/c1-3-14(11,12)10-6-4-9(5-7-10)8-13-2/h4-7,11H,3,8H2,1-2H3. The largest absolute Gasteiger partial charge is 0.249 e. The van der Waals surface area contributed by atoms with Crippen LogP contribution in [0, 0.1) is 4.78 Å². The number of rotatable bonds is 4. The molecular formula is C10H15NOS2. The minimum atomic E-state index is -2.54. The van der Waals surface area contributed by atoms with E-state index in [0.29, 0.717) is 10.6 Å². The zero-order valence-electron chi connectivity index (χ0n) is 8.45. The quantitative estimate of drug-likeness (QED) is 0.862. The fourth-order valence-electron chi connectivity index (χ4n) is 1.14. The average molecular weight is 229 g/mol. The lowest BCUT2D eigenvalue weighted by Crippen LogP contribution is -2.01. The Morgan fingerprint density at radius 1 is 1.36 bits per heavy atom. The van der Waals surface area contributed by atoms with Crippen molar-refractivity contribution in [2.75, 3.05) is 12.0 Å². The predicted molar refractivity (Wildman–Crippen MR) is 63.3 cm³/mol. The molecule has 1 aromatic carbocycles. The Hall–Kier alpha value is -0.480. The van der Waals surface area contributed by atoms with E-state index in [9.17, 15) is 4.21 Å². The van der Waals surface area contributed by atoms with Gasteiger partial charge in [-0.1, -0.05) is 19.1 Å². The number of nitrogens with one attached hydrogen (secondary N) is 1. The van der Waals surface area contributed by atoms with Gasteiger partial charge in [0.05, 0.1) is 9.73 Å². The maximum Gasteiger partial charge on any atom is 0.0723 e. The summed E-state index contributed by atoms with van der Waals surface area (Å²) in [6.45, 7) is 1.78. The van der Waals surface area contributed by atoms with E-state index in [1.54, 1.807) is 18.7 Å². The summed E-state index contributed by atoms with van der Waals surface area (Å²) in [5, 5.41) is 0. The molecule has 78 valence electrons. The first-order valence-electron chi connectivity index (χ1n) is 4.44. The van der Waals surface area contributed by atoms with Gasteiger partial charge in [0.15, 0.2) is 0 Å². The molecule has 0 aliphatic heterocycles. The molecule has 0 aromatic heterocycles. The molecule has 0 fully saturated rings. The van der Waals surface area contributed by atoms with Crippen molar-refractivity contribution in [2.45, 2.75) is 17.6 Å². The van der Waals surface area contributed by atoms with Gasteiger partial charge in [-0.25, -0.2) is 8.99 Å². The second-order valence-electron chi connectivity index (χ2n) is 3.04. The van der Waals surface area contributed by atoms with Gasteiger partial charge in [0.2, 0.25) is 0 Å². The van der Waals surface area contributed by atoms with E-state index in [-0.39, 0.29) is 0 Å². The van der Waals surface area contributed by atoms with Crippen LogP contribution in [-0.4, -0.2) is 16.2 Å². The molecule has 4 heteroatoms. The number of hydrogen-bond acceptors (Lipinski definition) is 3. The van der Waals surface area contributed by atoms with Crippen molar-refractivity contribution in [1.82, 2.24) is 0 Å². The second-order valence-corrected chi connectivity index (χ2v) is 6.31. The van der Waals surface area contributed by atoms with Crippen molar-refractivity contribution >= 4 is 21.5 Å². The third-order valence-corrected chi connectivity index (χ3v) is 4.49. The molecule has 0 saturated carbocycles. The van der Waals surface area contributed by atoms with Crippen LogP contribution in [0.3, 0.4) is 0 Å². The number of thioether (sulfide) groups is 1. The van der Waals surface area contributed by atoms with E-state index in [1.807, 2.05) is 30.5 Å². The number of benzene rings is 1. The van der Waals surface area contributed by atoms with Gasteiger partial charge >= 0.3 is 0 Å². The highest BCUT2D eigenvalue weighted by atomic mass is 32.2. The zero-order valence-corrected chi connectivity index (χ0v) is 10.1. The van der Waals surface area contributed by atoms with Gasteiger partial charge in [-0.3, -0.25) is 0 Å². The van der Waals surface area contributed by atoms with Crippen molar-refractivity contribution in [2.24, 2.45) is 0 Å². The molecule has 0 saturated heterocycles. The van der Waals surface area contributed by atoms with Gasteiger partial charge in [-0.15, -0.1) is 0 Å². The minimum Gasteiger partial charge on any atom is -0.249 e. The third kappa shape index (κ3) is 2.75. The summed E-state index contributed by atoms with van der Waals surface area (Å²) in [6.07, 6.45) is 2.05. The van der Waals surface area contributed by atoms with E-state index >= 15 is 0 Å². The molecule has 1 unspecified atom stereocenters. The normalized spacial score (nSPS) is 15.0. The zero-order chi connectivity index (χ0) is 10.6. The van der Waals surface area contributed by atoms with Gasteiger partial charge in [-0.05, 0) is 24.0 Å². The third-order valence-electron chi connectivity index (χ3n) is 2.02. The van der Waals surface area contributed by atoms with Crippen molar-refractivity contribution in [1.29, 1.82) is 4.78 Å². The first-order valence-corrected chi connectivity index (χ1v) is 7.56. The second kappa shape index (κ2) is 4.84. The molecule has 0 aliphatic carbocycles. The van der Waals surface area contributed by atoms with Gasteiger partial charge < -0.3 is 0 Å². The van der Waals surface area contributed by atoms with Gasteiger partial charge in [0, 0.05) is 16.4 Å². The summed E-state index contributed by atoms with van der Waals surface area (Å²) >= 11 is 1.76. The molecule has 0 bridgehead atoms. The fourth-order valence-corrected chi connectivity index (χ4v) is 2.57. The van der Waals surface area contributed by atoms with E-state index in [0.717, 1.165) is 5.75 Å². The first-order chi connectivity index (χ1) is 6.60. The summed E-state index contributed by atoms with van der Waals surface area (Å²) in [5.74, 6) is 1.35. The highest BCUT2D eigenvalue weighted by Crippen LogP contribution is 2.15. The van der Waals surface area contributed by atoms with Gasteiger partial charge in [-0.2, -0.15) is 11.8 Å². The van der Waals surface area contributed by atoms with Gasteiger partial charge in [0.25, 0.3) is 0 Å². The Balaban J connectivity index is 2.94. The molecule has 0 amide bonds. The Labute approximate surface area is 90.1 Å². The Morgan fingerprint density at radius 3 is 2.36 bits per heavy atom. The van der Waals surface area contributed by atoms with Crippen LogP contribution in [0.2, 0.25) is 0 Å². The van der Waals surface area contributed by atoms with E-state index in [1.165, 1.54) is 5.56 Å². The van der Waals surface area contributed by atoms with Crippen LogP contribution in [-0.2, 0) is 15.5 Å². The SMILES string of the molecule is CCS(=N)(=O)c1ccc(CSC)cc1. The Kier molecular flexibility index (Phi) is 4.01. The Bertz CT molecular complexity index is 381. The minimum absolute atomic E-state index is 0.384. The average Bonchev–Trinajstić information content (AvgIpc) is 2.19. The smallest absolute Gasteiger partial charge is 0.0723 e. The summed E-state index contributed by atoms with van der Waals surface area (Å²) in [6, 6.07) is 7.53.